The number of methoxy groups -OCH3 is 1. The molecule has 0 aliphatic carbocycles. The molecule has 1 aliphatic rings. The Hall–Kier alpha value is -4.06. The summed E-state index contributed by atoms with van der Waals surface area (Å²) in [6, 6.07) is 16.0. The summed E-state index contributed by atoms with van der Waals surface area (Å²) in [5, 5.41) is 21.3. The van der Waals surface area contributed by atoms with Gasteiger partial charge in [0.2, 0.25) is 0 Å². The Bertz CT molecular complexity index is 1310. The molecule has 2 N–H and O–H groups in total. The number of carbonyl (C=O) groups is 2. The van der Waals surface area contributed by atoms with Crippen LogP contribution in [0.2, 0.25) is 0 Å². The average Bonchev–Trinajstić information content (AvgIpc) is 3.06. The zero-order chi connectivity index (χ0) is 23.9. The standard InChI is InChI=1S/C27H25NO5/c1-15-8-10-20(13-16(15)2)28-24(18-6-5-7-21(29)14-18)23(26(31)27(28)32)25(30)19-9-11-22(33-4)17(3)12-19/h5-14,24,29-30H,1-4H3/b25-23+. The summed E-state index contributed by atoms with van der Waals surface area (Å²) in [4.78, 5) is 27.8. The van der Waals surface area contributed by atoms with Crippen LogP contribution < -0.4 is 9.64 Å². The van der Waals surface area contributed by atoms with E-state index in [2.05, 4.69) is 0 Å². The smallest absolute Gasteiger partial charge is 0.300 e. The fourth-order valence-electron chi connectivity index (χ4n) is 4.17. The normalized spacial score (nSPS) is 17.5. The van der Waals surface area contributed by atoms with Crippen molar-refractivity contribution in [1.82, 2.24) is 0 Å². The van der Waals surface area contributed by atoms with E-state index in [-0.39, 0.29) is 17.1 Å². The van der Waals surface area contributed by atoms with Gasteiger partial charge >= 0.3 is 0 Å². The molecule has 0 saturated carbocycles. The average molecular weight is 443 g/mol. The van der Waals surface area contributed by atoms with Gasteiger partial charge in [0.1, 0.15) is 17.3 Å². The van der Waals surface area contributed by atoms with Crippen molar-refractivity contribution in [2.45, 2.75) is 26.8 Å². The molecule has 1 unspecified atom stereocenters. The van der Waals surface area contributed by atoms with E-state index in [0.717, 1.165) is 16.7 Å². The number of aryl methyl sites for hydroxylation is 3. The van der Waals surface area contributed by atoms with Crippen LogP contribution in [0.5, 0.6) is 11.5 Å². The van der Waals surface area contributed by atoms with E-state index in [1.54, 1.807) is 43.5 Å². The lowest BCUT2D eigenvalue weighted by molar-refractivity contribution is -0.132. The van der Waals surface area contributed by atoms with Crippen LogP contribution in [0.1, 0.15) is 33.9 Å². The maximum atomic E-state index is 13.2. The number of anilines is 1. The van der Waals surface area contributed by atoms with Gasteiger partial charge in [-0.25, -0.2) is 0 Å². The van der Waals surface area contributed by atoms with E-state index in [1.165, 1.54) is 17.0 Å². The minimum absolute atomic E-state index is 0.00142. The molecule has 3 aromatic rings. The Kier molecular flexibility index (Phi) is 5.68. The number of nitrogens with zero attached hydrogens (tertiary/aromatic N) is 1. The highest BCUT2D eigenvalue weighted by atomic mass is 16.5. The lowest BCUT2D eigenvalue weighted by atomic mass is 9.94. The monoisotopic (exact) mass is 443 g/mol. The molecule has 0 radical (unpaired) electrons. The molecular weight excluding hydrogens is 418 g/mol. The highest BCUT2D eigenvalue weighted by Gasteiger charge is 2.47. The Morgan fingerprint density at radius 3 is 2.30 bits per heavy atom. The molecule has 6 heteroatoms. The van der Waals surface area contributed by atoms with Crippen molar-refractivity contribution in [1.29, 1.82) is 0 Å². The summed E-state index contributed by atoms with van der Waals surface area (Å²) in [5.41, 5.74) is 4.22. The molecule has 4 rings (SSSR count). The summed E-state index contributed by atoms with van der Waals surface area (Å²) >= 11 is 0. The van der Waals surface area contributed by atoms with Crippen LogP contribution in [0.4, 0.5) is 5.69 Å². The van der Waals surface area contributed by atoms with Crippen molar-refractivity contribution in [3.63, 3.8) is 0 Å². The van der Waals surface area contributed by atoms with Gasteiger partial charge in [0.05, 0.1) is 18.7 Å². The number of aromatic hydroxyl groups is 1. The molecule has 0 bridgehead atoms. The van der Waals surface area contributed by atoms with Gasteiger partial charge in [-0.2, -0.15) is 0 Å². The Balaban J connectivity index is 1.96. The number of aliphatic hydroxyl groups is 1. The predicted molar refractivity (Wildman–Crippen MR) is 127 cm³/mol. The maximum Gasteiger partial charge on any atom is 0.300 e. The predicted octanol–water partition coefficient (Wildman–Crippen LogP) is 4.95. The van der Waals surface area contributed by atoms with Crippen molar-refractivity contribution < 1.29 is 24.5 Å². The number of rotatable bonds is 4. The second-order valence-electron chi connectivity index (χ2n) is 8.22. The summed E-state index contributed by atoms with van der Waals surface area (Å²) in [6.07, 6.45) is 0. The van der Waals surface area contributed by atoms with Crippen LogP contribution in [0.3, 0.4) is 0 Å². The first-order chi connectivity index (χ1) is 15.7. The van der Waals surface area contributed by atoms with Crippen molar-refractivity contribution in [2.75, 3.05) is 12.0 Å². The number of phenols is 1. The molecule has 6 nitrogen and oxygen atoms in total. The van der Waals surface area contributed by atoms with Gasteiger partial charge in [0, 0.05) is 11.3 Å². The zero-order valence-corrected chi connectivity index (χ0v) is 18.9. The first kappa shape index (κ1) is 22.1. The zero-order valence-electron chi connectivity index (χ0n) is 18.9. The highest BCUT2D eigenvalue weighted by molar-refractivity contribution is 6.51. The number of hydrogen-bond donors (Lipinski definition) is 2. The molecule has 0 spiro atoms. The van der Waals surface area contributed by atoms with Crippen LogP contribution in [0.15, 0.2) is 66.2 Å². The van der Waals surface area contributed by atoms with Crippen LogP contribution in [0.25, 0.3) is 5.76 Å². The van der Waals surface area contributed by atoms with Gasteiger partial charge in [0.15, 0.2) is 0 Å². The summed E-state index contributed by atoms with van der Waals surface area (Å²) in [5.74, 6) is -1.16. The largest absolute Gasteiger partial charge is 0.508 e. The first-order valence-corrected chi connectivity index (χ1v) is 10.5. The third-order valence-electron chi connectivity index (χ3n) is 6.07. The number of carbonyl (C=O) groups excluding carboxylic acids is 2. The first-order valence-electron chi connectivity index (χ1n) is 10.5. The Morgan fingerprint density at radius 2 is 1.67 bits per heavy atom. The molecule has 1 aliphatic heterocycles. The fraction of sp³-hybridized carbons (Fsp3) is 0.185. The molecule has 1 fully saturated rings. The molecule has 33 heavy (non-hydrogen) atoms. The van der Waals surface area contributed by atoms with E-state index in [0.29, 0.717) is 22.6 Å². The second-order valence-corrected chi connectivity index (χ2v) is 8.22. The highest BCUT2D eigenvalue weighted by Crippen LogP contribution is 2.43. The van der Waals surface area contributed by atoms with Gasteiger partial charge in [-0.1, -0.05) is 18.2 Å². The van der Waals surface area contributed by atoms with Gasteiger partial charge in [-0.15, -0.1) is 0 Å². The SMILES string of the molecule is COc1ccc(/C(O)=C2\C(=O)C(=O)N(c3ccc(C)c(C)c3)C2c2cccc(O)c2)cc1C. The summed E-state index contributed by atoms with van der Waals surface area (Å²) < 4.78 is 5.29. The number of benzene rings is 3. The fourth-order valence-corrected chi connectivity index (χ4v) is 4.17. The number of ether oxygens (including phenoxy) is 1. The van der Waals surface area contributed by atoms with E-state index in [1.807, 2.05) is 32.9 Å². The van der Waals surface area contributed by atoms with E-state index < -0.39 is 17.7 Å². The van der Waals surface area contributed by atoms with Crippen LogP contribution in [-0.4, -0.2) is 29.0 Å². The van der Waals surface area contributed by atoms with Gasteiger partial charge in [0.25, 0.3) is 11.7 Å². The van der Waals surface area contributed by atoms with Gasteiger partial charge in [-0.05, 0) is 85.5 Å². The molecule has 168 valence electrons. The number of ketones is 1. The number of phenolic OH excluding ortho intramolecular Hbond substituents is 1. The van der Waals surface area contributed by atoms with Crippen molar-refractivity contribution in [3.8, 4) is 11.5 Å². The van der Waals surface area contributed by atoms with Crippen LogP contribution in [0, 0.1) is 20.8 Å². The lowest BCUT2D eigenvalue weighted by Gasteiger charge is -2.26. The topological polar surface area (TPSA) is 87.1 Å². The van der Waals surface area contributed by atoms with Crippen molar-refractivity contribution in [3.05, 3.63) is 94.1 Å². The molecule has 0 aromatic heterocycles. The molecule has 1 heterocycles. The van der Waals surface area contributed by atoms with E-state index in [9.17, 15) is 19.8 Å². The number of Topliss-reactive ketones (excluding diaryl/α,β-unsaturated/α-hetero) is 1. The lowest BCUT2D eigenvalue weighted by Crippen LogP contribution is -2.29. The molecular formula is C27H25NO5. The quantitative estimate of drug-likeness (QED) is 0.338. The van der Waals surface area contributed by atoms with E-state index in [4.69, 9.17) is 4.74 Å². The second kappa shape index (κ2) is 8.47. The Morgan fingerprint density at radius 1 is 0.909 bits per heavy atom. The van der Waals surface area contributed by atoms with Crippen LogP contribution >= 0.6 is 0 Å². The summed E-state index contributed by atoms with van der Waals surface area (Å²) in [6.45, 7) is 5.72. The van der Waals surface area contributed by atoms with Crippen molar-refractivity contribution >= 4 is 23.1 Å². The number of amides is 1. The number of hydrogen-bond acceptors (Lipinski definition) is 5. The molecule has 3 aromatic carbocycles. The van der Waals surface area contributed by atoms with Crippen LogP contribution in [-0.2, 0) is 9.59 Å². The molecule has 1 amide bonds. The third kappa shape index (κ3) is 3.84. The van der Waals surface area contributed by atoms with Gasteiger partial charge < -0.3 is 14.9 Å². The van der Waals surface area contributed by atoms with E-state index >= 15 is 0 Å². The van der Waals surface area contributed by atoms with Crippen molar-refractivity contribution in [2.24, 2.45) is 0 Å². The minimum Gasteiger partial charge on any atom is -0.508 e. The molecule has 1 saturated heterocycles. The third-order valence-corrected chi connectivity index (χ3v) is 6.07. The maximum absolute atomic E-state index is 13.2. The Labute approximate surface area is 192 Å². The number of aliphatic hydroxyl groups excluding tert-OH is 1. The van der Waals surface area contributed by atoms with Gasteiger partial charge in [-0.3, -0.25) is 14.5 Å². The molecule has 1 atom stereocenters. The minimum atomic E-state index is -0.901. The summed E-state index contributed by atoms with van der Waals surface area (Å²) in [7, 11) is 1.55.